The van der Waals surface area contributed by atoms with Crippen molar-refractivity contribution in [2.45, 2.75) is 19.4 Å². The van der Waals surface area contributed by atoms with Crippen LogP contribution in [0.25, 0.3) is 0 Å². The van der Waals surface area contributed by atoms with Crippen LogP contribution in [-0.2, 0) is 4.74 Å². The quantitative estimate of drug-likeness (QED) is 0.683. The Morgan fingerprint density at radius 1 is 1.67 bits per heavy atom. The second-order valence-corrected chi connectivity index (χ2v) is 3.05. The molecule has 1 saturated heterocycles. The summed E-state index contributed by atoms with van der Waals surface area (Å²) >= 11 is 0. The molecule has 1 aliphatic rings. The summed E-state index contributed by atoms with van der Waals surface area (Å²) in [6, 6.07) is 1.94. The molecule has 1 atom stereocenters. The van der Waals surface area contributed by atoms with Gasteiger partial charge in [-0.05, 0) is 13.0 Å². The van der Waals surface area contributed by atoms with Crippen LogP contribution in [0.5, 0.6) is 0 Å². The number of rotatable bonds is 1. The minimum absolute atomic E-state index is 0.215. The zero-order valence-electron chi connectivity index (χ0n) is 7.08. The van der Waals surface area contributed by atoms with Crippen LogP contribution < -0.4 is 5.73 Å². The first-order valence-electron chi connectivity index (χ1n) is 4.11. The molecular weight excluding hydrogens is 152 g/mol. The molecule has 3 heteroatoms. The number of pyridine rings is 1. The van der Waals surface area contributed by atoms with Crippen molar-refractivity contribution in [2.75, 3.05) is 12.3 Å². The van der Waals surface area contributed by atoms with Crippen LogP contribution in [0.15, 0.2) is 12.3 Å². The number of hydrogen-bond acceptors (Lipinski definition) is 3. The van der Waals surface area contributed by atoms with Gasteiger partial charge in [-0.1, -0.05) is 0 Å². The van der Waals surface area contributed by atoms with E-state index in [0.29, 0.717) is 0 Å². The van der Waals surface area contributed by atoms with E-state index in [-0.39, 0.29) is 6.10 Å². The molecule has 1 fully saturated rings. The Bertz CT molecular complexity index is 295. The second kappa shape index (κ2) is 2.75. The van der Waals surface area contributed by atoms with Gasteiger partial charge in [0, 0.05) is 18.2 Å². The van der Waals surface area contributed by atoms with Gasteiger partial charge in [-0.25, -0.2) is 0 Å². The van der Waals surface area contributed by atoms with Crippen LogP contribution in [0.1, 0.15) is 23.8 Å². The first kappa shape index (κ1) is 7.55. The first-order chi connectivity index (χ1) is 5.79. The lowest BCUT2D eigenvalue weighted by molar-refractivity contribution is -0.0523. The summed E-state index contributed by atoms with van der Waals surface area (Å²) in [5.74, 6) is 0. The summed E-state index contributed by atoms with van der Waals surface area (Å²) in [6.07, 6.45) is 3.07. The van der Waals surface area contributed by atoms with Crippen molar-refractivity contribution in [1.29, 1.82) is 0 Å². The van der Waals surface area contributed by atoms with Crippen LogP contribution in [0.4, 0.5) is 5.69 Å². The molecule has 3 nitrogen and oxygen atoms in total. The number of hydrogen-bond donors (Lipinski definition) is 1. The van der Waals surface area contributed by atoms with E-state index in [4.69, 9.17) is 10.5 Å². The van der Waals surface area contributed by atoms with E-state index < -0.39 is 0 Å². The summed E-state index contributed by atoms with van der Waals surface area (Å²) < 4.78 is 5.34. The predicted molar refractivity (Wildman–Crippen MR) is 46.7 cm³/mol. The van der Waals surface area contributed by atoms with Gasteiger partial charge < -0.3 is 10.5 Å². The normalized spacial score (nSPS) is 21.9. The van der Waals surface area contributed by atoms with Gasteiger partial charge in [0.05, 0.1) is 24.1 Å². The zero-order valence-corrected chi connectivity index (χ0v) is 7.08. The Balaban J connectivity index is 2.36. The maximum atomic E-state index is 5.85. The Labute approximate surface area is 71.6 Å². The Morgan fingerprint density at radius 2 is 2.42 bits per heavy atom. The van der Waals surface area contributed by atoms with E-state index in [1.807, 2.05) is 13.0 Å². The van der Waals surface area contributed by atoms with Crippen LogP contribution in [0.2, 0.25) is 0 Å². The zero-order chi connectivity index (χ0) is 8.55. The molecule has 1 aromatic rings. The number of anilines is 1. The molecule has 0 aromatic carbocycles. The van der Waals surface area contributed by atoms with E-state index in [0.717, 1.165) is 30.0 Å². The molecule has 12 heavy (non-hydrogen) atoms. The van der Waals surface area contributed by atoms with Gasteiger partial charge in [0.25, 0.3) is 0 Å². The van der Waals surface area contributed by atoms with Crippen LogP contribution in [0, 0.1) is 6.92 Å². The second-order valence-electron chi connectivity index (χ2n) is 3.05. The number of aromatic nitrogens is 1. The fourth-order valence-electron chi connectivity index (χ4n) is 1.36. The number of nitrogen functional groups attached to an aromatic ring is 1. The lowest BCUT2D eigenvalue weighted by Gasteiger charge is -2.27. The topological polar surface area (TPSA) is 48.1 Å². The molecule has 0 amide bonds. The lowest BCUT2D eigenvalue weighted by Crippen LogP contribution is -2.19. The third-order valence-electron chi connectivity index (χ3n) is 2.27. The summed E-state index contributed by atoms with van der Waals surface area (Å²) in [7, 11) is 0. The summed E-state index contributed by atoms with van der Waals surface area (Å²) in [5.41, 5.74) is 8.61. The maximum Gasteiger partial charge on any atom is 0.0867 e. The van der Waals surface area contributed by atoms with Crippen molar-refractivity contribution in [3.05, 3.63) is 23.5 Å². The highest BCUT2D eigenvalue weighted by Crippen LogP contribution is 2.33. The van der Waals surface area contributed by atoms with Gasteiger partial charge in [0.15, 0.2) is 0 Å². The first-order valence-corrected chi connectivity index (χ1v) is 4.11. The van der Waals surface area contributed by atoms with E-state index in [2.05, 4.69) is 4.98 Å². The molecule has 2 N–H and O–H groups in total. The third kappa shape index (κ3) is 1.06. The summed E-state index contributed by atoms with van der Waals surface area (Å²) in [4.78, 5) is 4.10. The van der Waals surface area contributed by atoms with Gasteiger partial charge in [-0.15, -0.1) is 0 Å². The molecule has 2 heterocycles. The number of aryl methyl sites for hydroxylation is 1. The van der Waals surface area contributed by atoms with Crippen LogP contribution in [0.3, 0.4) is 0 Å². The molecule has 0 aliphatic carbocycles. The van der Waals surface area contributed by atoms with E-state index >= 15 is 0 Å². The molecule has 2 rings (SSSR count). The molecule has 0 bridgehead atoms. The predicted octanol–water partition coefficient (Wildman–Crippen LogP) is 1.43. The van der Waals surface area contributed by atoms with Crippen molar-refractivity contribution in [2.24, 2.45) is 0 Å². The summed E-state index contributed by atoms with van der Waals surface area (Å²) in [6.45, 7) is 2.77. The van der Waals surface area contributed by atoms with Gasteiger partial charge in [0.1, 0.15) is 0 Å². The minimum Gasteiger partial charge on any atom is -0.397 e. The van der Waals surface area contributed by atoms with Crippen molar-refractivity contribution in [3.8, 4) is 0 Å². The van der Waals surface area contributed by atoms with Gasteiger partial charge in [-0.2, -0.15) is 0 Å². The highest BCUT2D eigenvalue weighted by atomic mass is 16.5. The monoisotopic (exact) mass is 164 g/mol. The number of ether oxygens (including phenoxy) is 1. The Kier molecular flexibility index (Phi) is 1.73. The Hall–Kier alpha value is -1.09. The van der Waals surface area contributed by atoms with Crippen molar-refractivity contribution < 1.29 is 4.74 Å². The number of nitrogens with zero attached hydrogens (tertiary/aromatic N) is 1. The van der Waals surface area contributed by atoms with E-state index in [9.17, 15) is 0 Å². The summed E-state index contributed by atoms with van der Waals surface area (Å²) in [5, 5.41) is 0. The molecule has 64 valence electrons. The van der Waals surface area contributed by atoms with E-state index in [1.165, 1.54) is 0 Å². The molecule has 1 unspecified atom stereocenters. The van der Waals surface area contributed by atoms with Crippen LogP contribution >= 0.6 is 0 Å². The highest BCUT2D eigenvalue weighted by molar-refractivity contribution is 5.51. The van der Waals surface area contributed by atoms with Gasteiger partial charge >= 0.3 is 0 Å². The van der Waals surface area contributed by atoms with Gasteiger partial charge in [0.2, 0.25) is 0 Å². The van der Waals surface area contributed by atoms with Crippen molar-refractivity contribution in [3.63, 3.8) is 0 Å². The third-order valence-corrected chi connectivity index (χ3v) is 2.27. The largest absolute Gasteiger partial charge is 0.397 e. The molecule has 1 aromatic heterocycles. The van der Waals surface area contributed by atoms with Crippen molar-refractivity contribution in [1.82, 2.24) is 4.98 Å². The molecule has 0 radical (unpaired) electrons. The highest BCUT2D eigenvalue weighted by Gasteiger charge is 2.22. The minimum atomic E-state index is 0.215. The van der Waals surface area contributed by atoms with E-state index in [1.54, 1.807) is 6.20 Å². The maximum absolute atomic E-state index is 5.85. The SMILES string of the molecule is Cc1nccc(C2CCO2)c1N. The molecule has 0 saturated carbocycles. The fraction of sp³-hybridized carbons (Fsp3) is 0.444. The van der Waals surface area contributed by atoms with Crippen LogP contribution in [-0.4, -0.2) is 11.6 Å². The molecular formula is C9H12N2O. The molecule has 0 spiro atoms. The lowest BCUT2D eigenvalue weighted by atomic mass is 10.0. The van der Waals surface area contributed by atoms with Gasteiger partial charge in [-0.3, -0.25) is 4.98 Å². The standard InChI is InChI=1S/C9H12N2O/c1-6-9(10)7(2-4-11-6)8-3-5-12-8/h2,4,8H,3,5,10H2,1H3. The molecule has 1 aliphatic heterocycles. The van der Waals surface area contributed by atoms with Crippen molar-refractivity contribution >= 4 is 5.69 Å². The Morgan fingerprint density at radius 3 is 3.00 bits per heavy atom. The number of nitrogens with two attached hydrogens (primary N) is 1. The smallest absolute Gasteiger partial charge is 0.0867 e. The average molecular weight is 164 g/mol. The average Bonchev–Trinajstić information content (AvgIpc) is 1.95. The fourth-order valence-corrected chi connectivity index (χ4v) is 1.36.